The number of furan rings is 1. The third kappa shape index (κ3) is 4.04. The van der Waals surface area contributed by atoms with Crippen LogP contribution in [0.1, 0.15) is 38.9 Å². The Balaban J connectivity index is 1.86. The summed E-state index contributed by atoms with van der Waals surface area (Å²) in [6, 6.07) is 5.09. The van der Waals surface area contributed by atoms with Crippen LogP contribution in [0, 0.1) is 6.92 Å². The van der Waals surface area contributed by atoms with E-state index in [0.29, 0.717) is 5.56 Å². The molecule has 1 aromatic carbocycles. The van der Waals surface area contributed by atoms with Gasteiger partial charge in [0.2, 0.25) is 0 Å². The van der Waals surface area contributed by atoms with Crippen molar-refractivity contribution in [2.45, 2.75) is 25.6 Å². The van der Waals surface area contributed by atoms with Gasteiger partial charge in [0.05, 0.1) is 30.5 Å². The number of carboxylic acid groups (broad SMARTS) is 1. The largest absolute Gasteiger partial charge is 0.481 e. The maximum Gasteiger partial charge on any atom is 0.416 e. The second-order valence-corrected chi connectivity index (χ2v) is 6.48. The first kappa shape index (κ1) is 19.9. The molecule has 28 heavy (non-hydrogen) atoms. The fraction of sp³-hybridized carbons (Fsp3) is 0.368. The summed E-state index contributed by atoms with van der Waals surface area (Å²) in [5, 5.41) is 8.98. The molecular formula is C19H18F3NO5. The van der Waals surface area contributed by atoms with Crippen LogP contribution in [0.4, 0.5) is 13.2 Å². The summed E-state index contributed by atoms with van der Waals surface area (Å²) in [6.45, 7) is 1.77. The zero-order chi connectivity index (χ0) is 20.5. The lowest BCUT2D eigenvalue weighted by atomic mass is 10.00. The summed E-state index contributed by atoms with van der Waals surface area (Å²) in [7, 11) is 0. The van der Waals surface area contributed by atoms with E-state index >= 15 is 0 Å². The number of aryl methyl sites for hydroxylation is 1. The first-order valence-corrected chi connectivity index (χ1v) is 8.54. The summed E-state index contributed by atoms with van der Waals surface area (Å²) in [6.07, 6.45) is -4.64. The minimum absolute atomic E-state index is 0.0220. The van der Waals surface area contributed by atoms with Gasteiger partial charge >= 0.3 is 12.1 Å². The van der Waals surface area contributed by atoms with Gasteiger partial charge in [-0.15, -0.1) is 0 Å². The first-order valence-electron chi connectivity index (χ1n) is 8.54. The number of alkyl halides is 3. The molecule has 0 spiro atoms. The molecule has 1 saturated heterocycles. The van der Waals surface area contributed by atoms with E-state index in [-0.39, 0.29) is 36.6 Å². The zero-order valence-electron chi connectivity index (χ0n) is 15.0. The lowest BCUT2D eigenvalue weighted by Gasteiger charge is -2.34. The summed E-state index contributed by atoms with van der Waals surface area (Å²) in [4.78, 5) is 25.3. The molecule has 0 radical (unpaired) electrons. The molecule has 0 aliphatic carbocycles. The number of benzene rings is 1. The molecular weight excluding hydrogens is 379 g/mol. The lowest BCUT2D eigenvalue weighted by molar-refractivity contribution is -0.140. The van der Waals surface area contributed by atoms with Crippen molar-refractivity contribution in [1.29, 1.82) is 0 Å². The number of hydrogen-bond donors (Lipinski definition) is 1. The smallest absolute Gasteiger partial charge is 0.416 e. The highest BCUT2D eigenvalue weighted by Crippen LogP contribution is 2.36. The predicted octanol–water partition coefficient (Wildman–Crippen LogP) is 3.45. The maximum atomic E-state index is 13.3. The number of amides is 1. The molecule has 2 aromatic rings. The lowest BCUT2D eigenvalue weighted by Crippen LogP contribution is -2.43. The molecule has 1 atom stereocenters. The monoisotopic (exact) mass is 397 g/mol. The van der Waals surface area contributed by atoms with E-state index in [4.69, 9.17) is 14.3 Å². The number of halogens is 3. The average molecular weight is 397 g/mol. The van der Waals surface area contributed by atoms with Gasteiger partial charge in [-0.1, -0.05) is 18.2 Å². The van der Waals surface area contributed by atoms with Crippen LogP contribution in [-0.4, -0.2) is 41.6 Å². The molecule has 6 nitrogen and oxygen atoms in total. The molecule has 9 heteroatoms. The molecule has 2 heterocycles. The van der Waals surface area contributed by atoms with Crippen molar-refractivity contribution in [3.8, 4) is 0 Å². The molecule has 1 N–H and O–H groups in total. The van der Waals surface area contributed by atoms with E-state index in [1.807, 2.05) is 0 Å². The normalized spacial score (nSPS) is 17.6. The number of aliphatic carboxylic acids is 1. The number of ether oxygens (including phenoxy) is 1. The van der Waals surface area contributed by atoms with Gasteiger partial charge in [-0.25, -0.2) is 0 Å². The van der Waals surface area contributed by atoms with Gasteiger partial charge in [0.25, 0.3) is 5.91 Å². The van der Waals surface area contributed by atoms with Crippen molar-refractivity contribution < 1.29 is 37.0 Å². The van der Waals surface area contributed by atoms with Gasteiger partial charge < -0.3 is 19.2 Å². The van der Waals surface area contributed by atoms with Crippen LogP contribution >= 0.6 is 0 Å². The standard InChI is InChI=1S/C19H18F3NO5/c1-11-10-28-14(8-16(24)25)17(11)18(26)23-6-7-27-15(9-23)12-4-2-3-5-13(12)19(20,21)22/h2-5,10,15H,6-9H2,1H3,(H,24,25). The number of carbonyl (C=O) groups excluding carboxylic acids is 1. The Morgan fingerprint density at radius 3 is 2.68 bits per heavy atom. The van der Waals surface area contributed by atoms with Crippen LogP contribution in [-0.2, 0) is 22.1 Å². The number of carboxylic acids is 1. The van der Waals surface area contributed by atoms with Crippen molar-refractivity contribution in [3.63, 3.8) is 0 Å². The molecule has 1 fully saturated rings. The summed E-state index contributed by atoms with van der Waals surface area (Å²) in [5.74, 6) is -1.61. The predicted molar refractivity (Wildman–Crippen MR) is 90.8 cm³/mol. The molecule has 1 amide bonds. The second kappa shape index (κ2) is 7.67. The molecule has 0 bridgehead atoms. The number of rotatable bonds is 4. The second-order valence-electron chi connectivity index (χ2n) is 6.48. The van der Waals surface area contributed by atoms with Crippen molar-refractivity contribution >= 4 is 11.9 Å². The first-order chi connectivity index (χ1) is 13.2. The van der Waals surface area contributed by atoms with E-state index in [1.165, 1.54) is 29.4 Å². The van der Waals surface area contributed by atoms with Crippen LogP contribution in [0.5, 0.6) is 0 Å². The van der Waals surface area contributed by atoms with Gasteiger partial charge in [-0.3, -0.25) is 9.59 Å². The van der Waals surface area contributed by atoms with E-state index in [0.717, 1.165) is 6.07 Å². The number of hydrogen-bond acceptors (Lipinski definition) is 4. The van der Waals surface area contributed by atoms with Crippen molar-refractivity contribution in [1.82, 2.24) is 4.90 Å². The van der Waals surface area contributed by atoms with Crippen LogP contribution < -0.4 is 0 Å². The van der Waals surface area contributed by atoms with E-state index in [1.54, 1.807) is 6.92 Å². The third-order valence-electron chi connectivity index (χ3n) is 4.54. The Hall–Kier alpha value is -2.81. The highest BCUT2D eigenvalue weighted by molar-refractivity contribution is 5.97. The number of morpholine rings is 1. The zero-order valence-corrected chi connectivity index (χ0v) is 15.0. The minimum atomic E-state index is -4.54. The third-order valence-corrected chi connectivity index (χ3v) is 4.54. The summed E-state index contributed by atoms with van der Waals surface area (Å²) < 4.78 is 50.6. The quantitative estimate of drug-likeness (QED) is 0.855. The van der Waals surface area contributed by atoms with Gasteiger partial charge in [0.1, 0.15) is 18.3 Å². The van der Waals surface area contributed by atoms with Crippen LogP contribution in [0.3, 0.4) is 0 Å². The number of nitrogens with zero attached hydrogens (tertiary/aromatic N) is 1. The van der Waals surface area contributed by atoms with Crippen LogP contribution in [0.2, 0.25) is 0 Å². The van der Waals surface area contributed by atoms with Gasteiger partial charge in [0, 0.05) is 12.1 Å². The summed E-state index contributed by atoms with van der Waals surface area (Å²) in [5.41, 5.74) is -0.241. The van der Waals surface area contributed by atoms with E-state index in [9.17, 15) is 22.8 Å². The number of carbonyl (C=O) groups is 2. The van der Waals surface area contributed by atoms with Crippen LogP contribution in [0.15, 0.2) is 34.9 Å². The SMILES string of the molecule is Cc1coc(CC(=O)O)c1C(=O)N1CCOC(c2ccccc2C(F)(F)F)C1. The average Bonchev–Trinajstić information content (AvgIpc) is 3.00. The molecule has 1 aliphatic rings. The highest BCUT2D eigenvalue weighted by atomic mass is 19.4. The van der Waals surface area contributed by atoms with E-state index in [2.05, 4.69) is 0 Å². The molecule has 1 aliphatic heterocycles. The van der Waals surface area contributed by atoms with Crippen molar-refractivity contribution in [3.05, 3.63) is 58.5 Å². The van der Waals surface area contributed by atoms with Gasteiger partial charge in [0.15, 0.2) is 0 Å². The molecule has 3 rings (SSSR count). The Bertz CT molecular complexity index is 890. The summed E-state index contributed by atoms with van der Waals surface area (Å²) >= 11 is 0. The highest BCUT2D eigenvalue weighted by Gasteiger charge is 2.37. The Kier molecular flexibility index (Phi) is 5.46. The van der Waals surface area contributed by atoms with Gasteiger partial charge in [-0.2, -0.15) is 13.2 Å². The molecule has 0 saturated carbocycles. The minimum Gasteiger partial charge on any atom is -0.481 e. The van der Waals surface area contributed by atoms with Crippen LogP contribution in [0.25, 0.3) is 0 Å². The molecule has 1 unspecified atom stereocenters. The Morgan fingerprint density at radius 1 is 1.29 bits per heavy atom. The van der Waals surface area contributed by atoms with E-state index < -0.39 is 36.1 Å². The topological polar surface area (TPSA) is 80.0 Å². The van der Waals surface area contributed by atoms with Gasteiger partial charge in [-0.05, 0) is 18.6 Å². The van der Waals surface area contributed by atoms with Crippen molar-refractivity contribution in [2.24, 2.45) is 0 Å². The fourth-order valence-electron chi connectivity index (χ4n) is 3.27. The van der Waals surface area contributed by atoms with Crippen molar-refractivity contribution in [2.75, 3.05) is 19.7 Å². The maximum absolute atomic E-state index is 13.3. The molecule has 150 valence electrons. The fourth-order valence-corrected chi connectivity index (χ4v) is 3.27. The Labute approximate surface area is 158 Å². The Morgan fingerprint density at radius 2 is 2.00 bits per heavy atom. The molecule has 1 aromatic heterocycles.